The Morgan fingerprint density at radius 3 is 2.53 bits per heavy atom. The van der Waals surface area contributed by atoms with Gasteiger partial charge in [-0.05, 0) is 13.8 Å². The van der Waals surface area contributed by atoms with Crippen molar-refractivity contribution >= 4 is 15.9 Å². The molecule has 2 fully saturated rings. The van der Waals surface area contributed by atoms with Gasteiger partial charge in [-0.3, -0.25) is 4.79 Å². The molecular formula is C10H18N2O4S. The number of morpholine rings is 1. The molecular weight excluding hydrogens is 244 g/mol. The van der Waals surface area contributed by atoms with Gasteiger partial charge in [0.25, 0.3) is 0 Å². The van der Waals surface area contributed by atoms with Crippen LogP contribution in [0.1, 0.15) is 13.8 Å². The highest BCUT2D eigenvalue weighted by Crippen LogP contribution is 2.26. The minimum atomic E-state index is -3.21. The summed E-state index contributed by atoms with van der Waals surface area (Å²) in [5.41, 5.74) is 0. The minimum absolute atomic E-state index is 0.0525. The van der Waals surface area contributed by atoms with E-state index in [2.05, 4.69) is 0 Å². The lowest BCUT2D eigenvalue weighted by atomic mass is 10.1. The van der Waals surface area contributed by atoms with E-state index in [-0.39, 0.29) is 30.7 Å². The second-order valence-corrected chi connectivity index (χ2v) is 6.87. The Morgan fingerprint density at radius 2 is 2.00 bits per heavy atom. The van der Waals surface area contributed by atoms with Crippen molar-refractivity contribution in [3.63, 3.8) is 0 Å². The molecule has 1 amide bonds. The van der Waals surface area contributed by atoms with Gasteiger partial charge < -0.3 is 9.64 Å². The normalized spacial score (nSPS) is 31.1. The minimum Gasteiger partial charge on any atom is -0.365 e. The van der Waals surface area contributed by atoms with Gasteiger partial charge in [-0.15, -0.1) is 0 Å². The summed E-state index contributed by atoms with van der Waals surface area (Å²) in [6.45, 7) is 4.61. The third-order valence-corrected chi connectivity index (χ3v) is 4.53. The summed E-state index contributed by atoms with van der Waals surface area (Å²) in [4.78, 5) is 13.5. The number of sulfonamides is 1. The maximum atomic E-state index is 11.8. The van der Waals surface area contributed by atoms with Gasteiger partial charge in [0.1, 0.15) is 6.61 Å². The van der Waals surface area contributed by atoms with Gasteiger partial charge in [0, 0.05) is 19.1 Å². The summed E-state index contributed by atoms with van der Waals surface area (Å²) in [7, 11) is -3.21. The van der Waals surface area contributed by atoms with Gasteiger partial charge in [0.05, 0.1) is 18.4 Å². The van der Waals surface area contributed by atoms with Crippen LogP contribution >= 0.6 is 0 Å². The van der Waals surface area contributed by atoms with Crippen LogP contribution in [0.25, 0.3) is 0 Å². The third kappa shape index (κ3) is 2.31. The first kappa shape index (κ1) is 12.8. The first-order valence-electron chi connectivity index (χ1n) is 5.68. The Bertz CT molecular complexity index is 420. The fourth-order valence-corrected chi connectivity index (χ4v) is 3.37. The van der Waals surface area contributed by atoms with Crippen LogP contribution < -0.4 is 0 Å². The van der Waals surface area contributed by atoms with Gasteiger partial charge in [-0.2, -0.15) is 4.31 Å². The Balaban J connectivity index is 2.21. The van der Waals surface area contributed by atoms with E-state index < -0.39 is 10.0 Å². The Morgan fingerprint density at radius 1 is 1.35 bits per heavy atom. The number of fused-ring (bicyclic) bond motifs is 1. The molecule has 0 bridgehead atoms. The standard InChI is InChI=1S/C10H18N2O4S/c1-7(2)12-8-4-11(17(3,14)15)5-9(8)16-6-10(12)13/h7-9H,4-6H2,1-3H3. The number of hydrogen-bond acceptors (Lipinski definition) is 4. The van der Waals surface area contributed by atoms with E-state index >= 15 is 0 Å². The average molecular weight is 262 g/mol. The van der Waals surface area contributed by atoms with E-state index in [4.69, 9.17) is 4.74 Å². The van der Waals surface area contributed by atoms with Crippen molar-refractivity contribution in [1.82, 2.24) is 9.21 Å². The molecule has 0 saturated carbocycles. The average Bonchev–Trinajstić information content (AvgIpc) is 2.59. The predicted molar refractivity (Wildman–Crippen MR) is 61.9 cm³/mol. The summed E-state index contributed by atoms with van der Waals surface area (Å²) in [5.74, 6) is -0.0587. The molecule has 2 aliphatic rings. The predicted octanol–water partition coefficient (Wildman–Crippen LogP) is -0.734. The molecule has 2 aliphatic heterocycles. The maximum absolute atomic E-state index is 11.8. The summed E-state index contributed by atoms with van der Waals surface area (Å²) < 4.78 is 29.8. The fourth-order valence-electron chi connectivity index (χ4n) is 2.53. The van der Waals surface area contributed by atoms with Crippen molar-refractivity contribution in [3.05, 3.63) is 0 Å². The summed E-state index contributed by atoms with van der Waals surface area (Å²) in [6, 6.07) is -0.0793. The van der Waals surface area contributed by atoms with Crippen LogP contribution in [0.5, 0.6) is 0 Å². The molecule has 0 aromatic heterocycles. The largest absolute Gasteiger partial charge is 0.365 e. The van der Waals surface area contributed by atoms with Crippen molar-refractivity contribution in [2.24, 2.45) is 0 Å². The number of hydrogen-bond donors (Lipinski definition) is 0. The smallest absolute Gasteiger partial charge is 0.249 e. The van der Waals surface area contributed by atoms with Gasteiger partial charge in [-0.1, -0.05) is 0 Å². The van der Waals surface area contributed by atoms with E-state index in [9.17, 15) is 13.2 Å². The second kappa shape index (κ2) is 4.22. The van der Waals surface area contributed by atoms with Gasteiger partial charge in [0.2, 0.25) is 15.9 Å². The summed E-state index contributed by atoms with van der Waals surface area (Å²) in [5, 5.41) is 0. The van der Waals surface area contributed by atoms with Gasteiger partial charge in [-0.25, -0.2) is 8.42 Å². The quantitative estimate of drug-likeness (QED) is 0.658. The number of ether oxygens (including phenoxy) is 1. The Kier molecular flexibility index (Phi) is 3.17. The molecule has 0 spiro atoms. The lowest BCUT2D eigenvalue weighted by Gasteiger charge is -2.39. The molecule has 2 unspecified atom stereocenters. The first-order chi connectivity index (χ1) is 7.80. The molecule has 2 saturated heterocycles. The lowest BCUT2D eigenvalue weighted by molar-refractivity contribution is -0.155. The van der Waals surface area contributed by atoms with Crippen LogP contribution in [0.4, 0.5) is 0 Å². The molecule has 7 heteroatoms. The van der Waals surface area contributed by atoms with Crippen molar-refractivity contribution in [2.75, 3.05) is 26.0 Å². The number of rotatable bonds is 2. The van der Waals surface area contributed by atoms with E-state index in [0.717, 1.165) is 0 Å². The fraction of sp³-hybridized carbons (Fsp3) is 0.900. The van der Waals surface area contributed by atoms with E-state index in [0.29, 0.717) is 13.1 Å². The van der Waals surface area contributed by atoms with Crippen molar-refractivity contribution in [1.29, 1.82) is 0 Å². The molecule has 2 rings (SSSR count). The van der Waals surface area contributed by atoms with Crippen molar-refractivity contribution in [2.45, 2.75) is 32.0 Å². The monoisotopic (exact) mass is 262 g/mol. The van der Waals surface area contributed by atoms with Gasteiger partial charge >= 0.3 is 0 Å². The molecule has 6 nitrogen and oxygen atoms in total. The first-order valence-corrected chi connectivity index (χ1v) is 7.53. The topological polar surface area (TPSA) is 66.9 Å². The summed E-state index contributed by atoms with van der Waals surface area (Å²) >= 11 is 0. The molecule has 98 valence electrons. The van der Waals surface area contributed by atoms with E-state index in [1.807, 2.05) is 13.8 Å². The highest BCUT2D eigenvalue weighted by atomic mass is 32.2. The van der Waals surface area contributed by atoms with Crippen LogP contribution in [-0.4, -0.2) is 67.7 Å². The molecule has 0 radical (unpaired) electrons. The molecule has 2 heterocycles. The van der Waals surface area contributed by atoms with E-state index in [1.54, 1.807) is 4.90 Å². The highest BCUT2D eigenvalue weighted by molar-refractivity contribution is 7.88. The van der Waals surface area contributed by atoms with Crippen LogP contribution in [0.2, 0.25) is 0 Å². The highest BCUT2D eigenvalue weighted by Gasteiger charge is 2.46. The zero-order valence-electron chi connectivity index (χ0n) is 10.3. The lowest BCUT2D eigenvalue weighted by Crippen LogP contribution is -2.56. The number of nitrogens with zero attached hydrogens (tertiary/aromatic N) is 2. The molecule has 0 aromatic rings. The van der Waals surface area contributed by atoms with Crippen LogP contribution in [0, 0.1) is 0 Å². The number of amides is 1. The summed E-state index contributed by atoms with van der Waals surface area (Å²) in [6.07, 6.45) is 0.996. The number of carbonyl (C=O) groups is 1. The van der Waals surface area contributed by atoms with Crippen LogP contribution in [-0.2, 0) is 19.6 Å². The number of carbonyl (C=O) groups excluding carboxylic acids is 1. The van der Waals surface area contributed by atoms with Crippen LogP contribution in [0.15, 0.2) is 0 Å². The molecule has 17 heavy (non-hydrogen) atoms. The second-order valence-electron chi connectivity index (χ2n) is 4.89. The van der Waals surface area contributed by atoms with Crippen LogP contribution in [0.3, 0.4) is 0 Å². The Labute approximate surface area is 102 Å². The van der Waals surface area contributed by atoms with E-state index in [1.165, 1.54) is 10.6 Å². The SMILES string of the molecule is CC(C)N1C(=O)COC2CN(S(C)(=O)=O)CC21. The van der Waals surface area contributed by atoms with Crippen molar-refractivity contribution < 1.29 is 17.9 Å². The third-order valence-electron chi connectivity index (χ3n) is 3.29. The van der Waals surface area contributed by atoms with Gasteiger partial charge in [0.15, 0.2) is 0 Å². The molecule has 2 atom stereocenters. The maximum Gasteiger partial charge on any atom is 0.249 e. The molecule has 0 aromatic carbocycles. The zero-order chi connectivity index (χ0) is 12.8. The zero-order valence-corrected chi connectivity index (χ0v) is 11.1. The Hall–Kier alpha value is -0.660. The van der Waals surface area contributed by atoms with Crippen molar-refractivity contribution in [3.8, 4) is 0 Å². The molecule has 0 aliphatic carbocycles. The molecule has 0 N–H and O–H groups in total.